The Bertz CT molecular complexity index is 1090. The van der Waals surface area contributed by atoms with E-state index < -0.39 is 16.2 Å². The van der Waals surface area contributed by atoms with Crippen molar-refractivity contribution in [1.82, 2.24) is 5.32 Å². The van der Waals surface area contributed by atoms with Gasteiger partial charge in [-0.25, -0.2) is 8.42 Å². The molecule has 2 atom stereocenters. The van der Waals surface area contributed by atoms with Crippen molar-refractivity contribution in [3.63, 3.8) is 0 Å². The first-order valence-electron chi connectivity index (χ1n) is 9.51. The summed E-state index contributed by atoms with van der Waals surface area (Å²) in [7, 11) is -2.97. The molecule has 0 radical (unpaired) electrons. The maximum atomic E-state index is 12.2. The highest BCUT2D eigenvalue weighted by Gasteiger charge is 2.58. The normalized spacial score (nSPS) is 22.3. The molecular formula is C20H19BrCl2N2O5S. The molecule has 2 unspecified atom stereocenters. The van der Waals surface area contributed by atoms with E-state index >= 15 is 0 Å². The Hall–Kier alpha value is -1.52. The van der Waals surface area contributed by atoms with E-state index in [4.69, 9.17) is 38.4 Å². The van der Waals surface area contributed by atoms with Crippen molar-refractivity contribution in [1.29, 1.82) is 0 Å². The fourth-order valence-electron chi connectivity index (χ4n) is 3.14. The number of carbonyl (C=O) groups excluding carboxylic acids is 1. The average Bonchev–Trinajstić information content (AvgIpc) is 3.61. The lowest BCUT2D eigenvalue weighted by Gasteiger charge is -2.14. The van der Waals surface area contributed by atoms with Gasteiger partial charge >= 0.3 is 0 Å². The highest BCUT2D eigenvalue weighted by Crippen LogP contribution is 2.43. The minimum absolute atomic E-state index is 0.0532. The van der Waals surface area contributed by atoms with Crippen LogP contribution < -0.4 is 20.5 Å². The van der Waals surface area contributed by atoms with Crippen molar-refractivity contribution >= 4 is 55.7 Å². The fraction of sp³-hybridized carbons (Fsp3) is 0.350. The highest BCUT2D eigenvalue weighted by molar-refractivity contribution is 9.10. The third kappa shape index (κ3) is 5.12. The zero-order chi connectivity index (χ0) is 22.3. The number of rotatable bonds is 8. The van der Waals surface area contributed by atoms with Crippen LogP contribution in [0.3, 0.4) is 0 Å². The Kier molecular flexibility index (Phi) is 6.42. The second-order valence-corrected chi connectivity index (χ2v) is 10.4. The molecule has 0 heterocycles. The van der Waals surface area contributed by atoms with Crippen LogP contribution in [0.4, 0.5) is 0 Å². The third-order valence-electron chi connectivity index (χ3n) is 5.24. The second-order valence-electron chi connectivity index (χ2n) is 7.69. The minimum Gasteiger partial charge on any atom is -0.492 e. The first kappa shape index (κ1) is 22.7. The van der Waals surface area contributed by atoms with E-state index in [1.54, 1.807) is 18.2 Å². The molecule has 0 aliphatic heterocycles. The Balaban J connectivity index is 1.45. The molecule has 2 aliphatic carbocycles. The van der Waals surface area contributed by atoms with Gasteiger partial charge in [0, 0.05) is 22.5 Å². The molecule has 1 amide bonds. The van der Waals surface area contributed by atoms with Gasteiger partial charge in [-0.3, -0.25) is 4.79 Å². The fourth-order valence-corrected chi connectivity index (χ4v) is 4.98. The molecule has 166 valence electrons. The first-order chi connectivity index (χ1) is 14.7. The monoisotopic (exact) mass is 548 g/mol. The largest absolute Gasteiger partial charge is 0.492 e. The highest BCUT2D eigenvalue weighted by atomic mass is 79.9. The Morgan fingerprint density at radius 2 is 1.90 bits per heavy atom. The quantitative estimate of drug-likeness (QED) is 0.431. The third-order valence-corrected chi connectivity index (χ3v) is 7.00. The maximum Gasteiger partial charge on any atom is 0.240 e. The van der Waals surface area contributed by atoms with E-state index in [2.05, 4.69) is 21.2 Å². The van der Waals surface area contributed by atoms with Crippen molar-refractivity contribution in [2.45, 2.75) is 35.7 Å². The number of carbonyl (C=O) groups is 1. The van der Waals surface area contributed by atoms with Gasteiger partial charge in [0.05, 0.1) is 16.7 Å². The summed E-state index contributed by atoms with van der Waals surface area (Å²) in [6.45, 7) is 0.134. The van der Waals surface area contributed by atoms with Gasteiger partial charge in [0.15, 0.2) is 16.5 Å². The summed E-state index contributed by atoms with van der Waals surface area (Å²) < 4.78 is 35.7. The first-order valence-corrected chi connectivity index (χ1v) is 12.2. The van der Waals surface area contributed by atoms with Gasteiger partial charge in [0.2, 0.25) is 5.91 Å². The Labute approximate surface area is 199 Å². The second kappa shape index (κ2) is 8.78. The van der Waals surface area contributed by atoms with Gasteiger partial charge in [-0.05, 0) is 43.5 Å². The summed E-state index contributed by atoms with van der Waals surface area (Å²) in [5.74, 6) is 0.245. The summed E-state index contributed by atoms with van der Waals surface area (Å²) in [6, 6.07) is 7.83. The van der Waals surface area contributed by atoms with Crippen molar-refractivity contribution < 1.29 is 22.7 Å². The van der Waals surface area contributed by atoms with Crippen LogP contribution in [0.2, 0.25) is 10.0 Å². The summed E-state index contributed by atoms with van der Waals surface area (Å²) in [6.07, 6.45) is 2.45. The van der Waals surface area contributed by atoms with Crippen LogP contribution >= 0.6 is 39.1 Å². The number of ether oxygens (including phenoxy) is 2. The number of benzene rings is 2. The molecule has 2 aromatic carbocycles. The minimum atomic E-state index is -2.97. The van der Waals surface area contributed by atoms with Gasteiger partial charge in [-0.1, -0.05) is 39.1 Å². The molecule has 4 rings (SSSR count). The van der Waals surface area contributed by atoms with Gasteiger partial charge in [0.1, 0.15) is 21.9 Å². The van der Waals surface area contributed by atoms with E-state index in [9.17, 15) is 13.2 Å². The van der Waals surface area contributed by atoms with Crippen LogP contribution in [-0.2, 0) is 15.5 Å². The van der Waals surface area contributed by atoms with E-state index in [1.807, 2.05) is 0 Å². The van der Waals surface area contributed by atoms with Crippen LogP contribution in [0, 0.1) is 5.92 Å². The number of hydrogen-bond acceptors (Lipinski definition) is 6. The predicted molar refractivity (Wildman–Crippen MR) is 121 cm³/mol. The maximum absolute atomic E-state index is 12.2. The summed E-state index contributed by atoms with van der Waals surface area (Å²) in [4.78, 5) is 12.2. The molecule has 31 heavy (non-hydrogen) atoms. The van der Waals surface area contributed by atoms with Crippen LogP contribution in [0.1, 0.15) is 19.3 Å². The lowest BCUT2D eigenvalue weighted by Crippen LogP contribution is -2.46. The lowest BCUT2D eigenvalue weighted by molar-refractivity contribution is -0.123. The molecule has 0 aromatic heterocycles. The van der Waals surface area contributed by atoms with Gasteiger partial charge in [-0.2, -0.15) is 0 Å². The SMILES string of the molecule is NC1(C(=O)NC2CC2)CC1COc1ccc(Oc2c(Cl)cc(Br)cc2Cl)cc1[SH](=O)=O. The summed E-state index contributed by atoms with van der Waals surface area (Å²) in [5.41, 5.74) is 5.20. The Morgan fingerprint density at radius 1 is 1.23 bits per heavy atom. The molecule has 0 saturated heterocycles. The zero-order valence-electron chi connectivity index (χ0n) is 16.1. The Morgan fingerprint density at radius 3 is 2.52 bits per heavy atom. The van der Waals surface area contributed by atoms with Crippen LogP contribution in [0.5, 0.6) is 17.2 Å². The molecular weight excluding hydrogens is 531 g/mol. The predicted octanol–water partition coefficient (Wildman–Crippen LogP) is 3.89. The molecule has 2 aromatic rings. The topological polar surface area (TPSA) is 108 Å². The van der Waals surface area contributed by atoms with Crippen molar-refractivity contribution in [2.75, 3.05) is 6.61 Å². The van der Waals surface area contributed by atoms with E-state index in [0.29, 0.717) is 10.9 Å². The van der Waals surface area contributed by atoms with Crippen molar-refractivity contribution in [3.8, 4) is 17.2 Å². The lowest BCUT2D eigenvalue weighted by atomic mass is 10.2. The number of amides is 1. The van der Waals surface area contributed by atoms with Crippen LogP contribution in [0.15, 0.2) is 39.7 Å². The zero-order valence-corrected chi connectivity index (χ0v) is 20.1. The number of hydrogen-bond donors (Lipinski definition) is 3. The van der Waals surface area contributed by atoms with E-state index in [-0.39, 0.29) is 56.7 Å². The molecule has 2 saturated carbocycles. The molecule has 2 aliphatic rings. The number of halogens is 3. The van der Waals surface area contributed by atoms with Crippen LogP contribution in [0.25, 0.3) is 0 Å². The molecule has 2 fully saturated rings. The van der Waals surface area contributed by atoms with E-state index in [1.165, 1.54) is 12.1 Å². The summed E-state index contributed by atoms with van der Waals surface area (Å²) in [5, 5.41) is 3.44. The number of thiol groups is 1. The van der Waals surface area contributed by atoms with Crippen LogP contribution in [-0.4, -0.2) is 32.5 Å². The van der Waals surface area contributed by atoms with E-state index in [0.717, 1.165) is 12.8 Å². The molecule has 3 N–H and O–H groups in total. The molecule has 0 bridgehead atoms. The van der Waals surface area contributed by atoms with Gasteiger partial charge in [-0.15, -0.1) is 0 Å². The smallest absolute Gasteiger partial charge is 0.240 e. The van der Waals surface area contributed by atoms with Crippen molar-refractivity contribution in [3.05, 3.63) is 44.8 Å². The van der Waals surface area contributed by atoms with Crippen molar-refractivity contribution in [2.24, 2.45) is 11.7 Å². The van der Waals surface area contributed by atoms with Gasteiger partial charge in [0.25, 0.3) is 0 Å². The number of nitrogens with two attached hydrogens (primary N) is 1. The van der Waals surface area contributed by atoms with Gasteiger partial charge < -0.3 is 20.5 Å². The molecule has 11 heteroatoms. The molecule has 7 nitrogen and oxygen atoms in total. The average molecular weight is 550 g/mol. The number of nitrogens with one attached hydrogen (secondary N) is 1. The molecule has 0 spiro atoms. The standard InChI is InChI=1S/C20H19BrCl2N2O5S/c21-11-5-14(22)18(15(23)6-11)30-13-3-4-16(17(7-13)31(27)28)29-9-10-8-20(10,24)19(26)25-12-1-2-12/h3-7,10,12,31H,1-2,8-9,24H2,(H,25,26). The summed E-state index contributed by atoms with van der Waals surface area (Å²) >= 11 is 15.6.